The van der Waals surface area contributed by atoms with Crippen molar-refractivity contribution in [2.24, 2.45) is 5.10 Å². The quantitative estimate of drug-likeness (QED) is 0.680. The van der Waals surface area contributed by atoms with E-state index >= 15 is 0 Å². The van der Waals surface area contributed by atoms with E-state index in [0.29, 0.717) is 10.6 Å². The van der Waals surface area contributed by atoms with Gasteiger partial charge in [0.05, 0.1) is 19.0 Å². The number of amides is 1. The summed E-state index contributed by atoms with van der Waals surface area (Å²) < 4.78 is 8.79. The number of nitrogens with zero attached hydrogens (tertiary/aromatic N) is 3. The second kappa shape index (κ2) is 6.05. The molecule has 98 valence electrons. The molecule has 0 atom stereocenters. The Morgan fingerprint density at radius 3 is 3.05 bits per heavy atom. The number of rotatable bonds is 4. The maximum atomic E-state index is 11.7. The molecule has 0 saturated carbocycles. The van der Waals surface area contributed by atoms with E-state index in [1.807, 2.05) is 24.3 Å². The molecule has 0 unspecified atom stereocenters. The average Bonchev–Trinajstić information content (AvgIpc) is 2.85. The Morgan fingerprint density at radius 2 is 2.37 bits per heavy atom. The van der Waals surface area contributed by atoms with Crippen LogP contribution in [0.2, 0.25) is 0 Å². The van der Waals surface area contributed by atoms with E-state index in [9.17, 15) is 4.79 Å². The standard InChI is InChI=1S/C12H12N4O2S/c1-8-11(19-16-14-8)12(17)15-13-7-9-4-3-5-10(6-9)18-2/h3-7H,1-2H3,(H,15,17)/b13-7-. The van der Waals surface area contributed by atoms with Gasteiger partial charge in [-0.05, 0) is 36.2 Å². The molecule has 6 nitrogen and oxygen atoms in total. The first kappa shape index (κ1) is 13.2. The molecule has 0 bridgehead atoms. The number of methoxy groups -OCH3 is 1. The third-order valence-corrected chi connectivity index (χ3v) is 3.16. The number of benzene rings is 1. The molecule has 1 aromatic heterocycles. The van der Waals surface area contributed by atoms with Gasteiger partial charge in [-0.1, -0.05) is 16.6 Å². The largest absolute Gasteiger partial charge is 0.497 e. The van der Waals surface area contributed by atoms with Gasteiger partial charge in [-0.15, -0.1) is 5.10 Å². The first-order valence-corrected chi connectivity index (χ1v) is 6.24. The van der Waals surface area contributed by atoms with E-state index in [4.69, 9.17) is 4.74 Å². The number of aromatic nitrogens is 2. The van der Waals surface area contributed by atoms with Crippen LogP contribution in [0.5, 0.6) is 5.75 Å². The van der Waals surface area contributed by atoms with Crippen LogP contribution in [0.3, 0.4) is 0 Å². The van der Waals surface area contributed by atoms with Gasteiger partial charge in [-0.2, -0.15) is 5.10 Å². The Kier molecular flexibility index (Phi) is 4.19. The van der Waals surface area contributed by atoms with E-state index in [1.165, 1.54) is 0 Å². The van der Waals surface area contributed by atoms with Gasteiger partial charge in [-0.25, -0.2) is 5.43 Å². The predicted octanol–water partition coefficient (Wildman–Crippen LogP) is 1.62. The lowest BCUT2D eigenvalue weighted by atomic mass is 10.2. The third-order valence-electron chi connectivity index (χ3n) is 2.33. The molecular weight excluding hydrogens is 264 g/mol. The van der Waals surface area contributed by atoms with Crippen molar-refractivity contribution in [2.75, 3.05) is 7.11 Å². The number of carbonyl (C=O) groups is 1. The van der Waals surface area contributed by atoms with Crippen LogP contribution in [-0.4, -0.2) is 28.8 Å². The molecule has 0 aliphatic rings. The lowest BCUT2D eigenvalue weighted by Crippen LogP contribution is -2.17. The van der Waals surface area contributed by atoms with Gasteiger partial charge in [0.15, 0.2) is 0 Å². The zero-order valence-electron chi connectivity index (χ0n) is 10.5. The lowest BCUT2D eigenvalue weighted by molar-refractivity contribution is 0.0958. The molecular formula is C12H12N4O2S. The highest BCUT2D eigenvalue weighted by Gasteiger charge is 2.11. The molecule has 0 aliphatic heterocycles. The molecule has 0 spiro atoms. The summed E-state index contributed by atoms with van der Waals surface area (Å²) in [5.41, 5.74) is 3.86. The molecule has 2 rings (SSSR count). The maximum Gasteiger partial charge on any atom is 0.285 e. The van der Waals surface area contributed by atoms with Gasteiger partial charge in [0.25, 0.3) is 5.91 Å². The van der Waals surface area contributed by atoms with Crippen molar-refractivity contribution in [2.45, 2.75) is 6.92 Å². The maximum absolute atomic E-state index is 11.7. The average molecular weight is 276 g/mol. The van der Waals surface area contributed by atoms with Crippen LogP contribution < -0.4 is 10.2 Å². The zero-order valence-corrected chi connectivity index (χ0v) is 11.3. The Bertz CT molecular complexity index is 609. The summed E-state index contributed by atoms with van der Waals surface area (Å²) in [6.45, 7) is 1.73. The fourth-order valence-corrected chi connectivity index (χ4v) is 1.92. The SMILES string of the molecule is COc1cccc(/C=N\NC(=O)c2snnc2C)c1. The number of nitrogens with one attached hydrogen (secondary N) is 1. The minimum absolute atomic E-state index is 0.313. The second-order valence-corrected chi connectivity index (χ2v) is 4.42. The highest BCUT2D eigenvalue weighted by molar-refractivity contribution is 7.07. The van der Waals surface area contributed by atoms with Crippen molar-refractivity contribution in [3.63, 3.8) is 0 Å². The van der Waals surface area contributed by atoms with Crippen LogP contribution in [-0.2, 0) is 0 Å². The number of hydrogen-bond donors (Lipinski definition) is 1. The van der Waals surface area contributed by atoms with E-state index in [-0.39, 0.29) is 5.91 Å². The molecule has 2 aromatic rings. The Labute approximate surface area is 114 Å². The highest BCUT2D eigenvalue weighted by atomic mass is 32.1. The normalized spacial score (nSPS) is 10.6. The molecule has 7 heteroatoms. The molecule has 1 amide bonds. The summed E-state index contributed by atoms with van der Waals surface area (Å²) in [6, 6.07) is 7.36. The summed E-state index contributed by atoms with van der Waals surface area (Å²) in [7, 11) is 1.59. The van der Waals surface area contributed by atoms with Gasteiger partial charge in [-0.3, -0.25) is 4.79 Å². The molecule has 19 heavy (non-hydrogen) atoms. The number of carbonyl (C=O) groups excluding carboxylic acids is 1. The number of aryl methyl sites for hydroxylation is 1. The smallest absolute Gasteiger partial charge is 0.285 e. The molecule has 1 N–H and O–H groups in total. The number of hydrazone groups is 1. The first-order chi connectivity index (χ1) is 9.20. The van der Waals surface area contributed by atoms with E-state index in [1.54, 1.807) is 20.2 Å². The van der Waals surface area contributed by atoms with Crippen molar-refractivity contribution < 1.29 is 9.53 Å². The van der Waals surface area contributed by atoms with Crippen molar-refractivity contribution in [1.82, 2.24) is 15.0 Å². The van der Waals surface area contributed by atoms with Crippen LogP contribution >= 0.6 is 11.5 Å². The van der Waals surface area contributed by atoms with Gasteiger partial charge >= 0.3 is 0 Å². The first-order valence-electron chi connectivity index (χ1n) is 5.47. The summed E-state index contributed by atoms with van der Waals surface area (Å²) >= 11 is 1.04. The Morgan fingerprint density at radius 1 is 1.53 bits per heavy atom. The van der Waals surface area contributed by atoms with Gasteiger partial charge < -0.3 is 4.74 Å². The Hall–Kier alpha value is -2.28. The minimum atomic E-state index is -0.313. The summed E-state index contributed by atoms with van der Waals surface area (Å²) in [5.74, 6) is 0.421. The van der Waals surface area contributed by atoms with E-state index in [2.05, 4.69) is 20.1 Å². The van der Waals surface area contributed by atoms with Crippen LogP contribution in [0, 0.1) is 6.92 Å². The monoisotopic (exact) mass is 276 g/mol. The van der Waals surface area contributed by atoms with Gasteiger partial charge in [0, 0.05) is 0 Å². The fourth-order valence-electron chi connectivity index (χ4n) is 1.38. The van der Waals surface area contributed by atoms with Gasteiger partial charge in [0.1, 0.15) is 10.6 Å². The number of ether oxygens (including phenoxy) is 1. The summed E-state index contributed by atoms with van der Waals surface area (Å²) in [5, 5.41) is 7.65. The van der Waals surface area contributed by atoms with Crippen molar-refractivity contribution >= 4 is 23.7 Å². The predicted molar refractivity (Wildman–Crippen MR) is 72.7 cm³/mol. The van der Waals surface area contributed by atoms with Crippen molar-refractivity contribution in [3.8, 4) is 5.75 Å². The summed E-state index contributed by atoms with van der Waals surface area (Å²) in [6.07, 6.45) is 1.55. The molecule has 1 aromatic carbocycles. The molecule has 0 radical (unpaired) electrons. The molecule has 1 heterocycles. The van der Waals surface area contributed by atoms with Crippen LogP contribution in [0.25, 0.3) is 0 Å². The van der Waals surface area contributed by atoms with Crippen LogP contribution in [0.15, 0.2) is 29.4 Å². The molecule has 0 aliphatic carbocycles. The number of hydrogen-bond acceptors (Lipinski definition) is 6. The molecule has 0 fully saturated rings. The Balaban J connectivity index is 2.00. The second-order valence-electron chi connectivity index (χ2n) is 3.66. The van der Waals surface area contributed by atoms with Crippen molar-refractivity contribution in [1.29, 1.82) is 0 Å². The lowest BCUT2D eigenvalue weighted by Gasteiger charge is -2.00. The fraction of sp³-hybridized carbons (Fsp3) is 0.167. The van der Waals surface area contributed by atoms with E-state index < -0.39 is 0 Å². The summed E-state index contributed by atoms with van der Waals surface area (Å²) in [4.78, 5) is 12.2. The van der Waals surface area contributed by atoms with E-state index in [0.717, 1.165) is 22.8 Å². The van der Waals surface area contributed by atoms with Gasteiger partial charge in [0.2, 0.25) is 0 Å². The minimum Gasteiger partial charge on any atom is -0.497 e. The topological polar surface area (TPSA) is 76.5 Å². The van der Waals surface area contributed by atoms with Crippen LogP contribution in [0.4, 0.5) is 0 Å². The molecule has 0 saturated heterocycles. The third kappa shape index (κ3) is 3.35. The highest BCUT2D eigenvalue weighted by Crippen LogP contribution is 2.11. The zero-order chi connectivity index (χ0) is 13.7. The van der Waals surface area contributed by atoms with Crippen LogP contribution in [0.1, 0.15) is 20.9 Å². The van der Waals surface area contributed by atoms with Crippen molar-refractivity contribution in [3.05, 3.63) is 40.4 Å².